The molecule has 4 rings (SSSR count). The number of fused-ring (bicyclic) bond motifs is 1. The molecule has 0 saturated heterocycles. The van der Waals surface area contributed by atoms with Gasteiger partial charge in [-0.25, -0.2) is 13.4 Å². The number of aryl methyl sites for hydroxylation is 1. The molecule has 0 saturated carbocycles. The fourth-order valence-electron chi connectivity index (χ4n) is 4.22. The molecule has 170 valence electrons. The highest BCUT2D eigenvalue weighted by Crippen LogP contribution is 2.41. The highest BCUT2D eigenvalue weighted by molar-refractivity contribution is 7.90. The molecular formula is C25H30N2O3S2. The van der Waals surface area contributed by atoms with Crippen LogP contribution in [0.4, 0.5) is 0 Å². The van der Waals surface area contributed by atoms with Gasteiger partial charge in [0.1, 0.15) is 20.6 Å². The number of nitrogens with one attached hydrogen (secondary N) is 1. The summed E-state index contributed by atoms with van der Waals surface area (Å²) < 4.78 is 28.7. The number of aromatic nitrogens is 1. The third-order valence-corrected chi connectivity index (χ3v) is 7.72. The third-order valence-electron chi connectivity index (χ3n) is 5.69. The molecule has 7 heteroatoms. The van der Waals surface area contributed by atoms with Crippen LogP contribution < -0.4 is 10.1 Å². The van der Waals surface area contributed by atoms with Crippen molar-refractivity contribution in [1.82, 2.24) is 10.3 Å². The van der Waals surface area contributed by atoms with Crippen LogP contribution in [0.15, 0.2) is 42.6 Å². The highest BCUT2D eigenvalue weighted by atomic mass is 32.2. The van der Waals surface area contributed by atoms with E-state index in [0.717, 1.165) is 39.6 Å². The zero-order valence-electron chi connectivity index (χ0n) is 19.0. The first kappa shape index (κ1) is 23.0. The van der Waals surface area contributed by atoms with E-state index in [0.29, 0.717) is 6.54 Å². The molecule has 1 aliphatic rings. The van der Waals surface area contributed by atoms with Gasteiger partial charge in [0.2, 0.25) is 0 Å². The predicted molar refractivity (Wildman–Crippen MR) is 132 cm³/mol. The van der Waals surface area contributed by atoms with Gasteiger partial charge in [-0.05, 0) is 74.1 Å². The van der Waals surface area contributed by atoms with E-state index in [1.54, 1.807) is 11.3 Å². The Kier molecular flexibility index (Phi) is 6.70. The number of thiazole rings is 1. The molecule has 1 unspecified atom stereocenters. The molecule has 1 aliphatic carbocycles. The molecule has 0 bridgehead atoms. The normalized spacial score (nSPS) is 15.8. The maximum absolute atomic E-state index is 11.4. The summed E-state index contributed by atoms with van der Waals surface area (Å²) >= 11 is 1.70. The number of ether oxygens (including phenoxy) is 1. The zero-order valence-corrected chi connectivity index (χ0v) is 20.6. The summed E-state index contributed by atoms with van der Waals surface area (Å²) in [6, 6.07) is 12.9. The van der Waals surface area contributed by atoms with Gasteiger partial charge in [0.05, 0.1) is 16.7 Å². The molecule has 0 spiro atoms. The highest BCUT2D eigenvalue weighted by Gasteiger charge is 2.25. The number of benzene rings is 2. The van der Waals surface area contributed by atoms with E-state index in [1.807, 2.05) is 26.1 Å². The van der Waals surface area contributed by atoms with Crippen LogP contribution in [-0.4, -0.2) is 38.1 Å². The number of nitrogens with zero attached hydrogens (tertiary/aromatic N) is 1. The first-order chi connectivity index (χ1) is 15.2. The zero-order chi connectivity index (χ0) is 22.9. The summed E-state index contributed by atoms with van der Waals surface area (Å²) in [5.74, 6) is 1.08. The number of rotatable bonds is 8. The Balaban J connectivity index is 1.55. The van der Waals surface area contributed by atoms with E-state index in [-0.39, 0.29) is 17.9 Å². The summed E-state index contributed by atoms with van der Waals surface area (Å²) in [6.07, 6.45) is 5.36. The van der Waals surface area contributed by atoms with Gasteiger partial charge in [-0.15, -0.1) is 11.3 Å². The maximum atomic E-state index is 11.4. The molecule has 3 aromatic rings. The summed E-state index contributed by atoms with van der Waals surface area (Å²) in [5, 5.41) is 4.42. The van der Waals surface area contributed by atoms with Crippen LogP contribution in [0.2, 0.25) is 0 Å². The van der Waals surface area contributed by atoms with Crippen molar-refractivity contribution in [2.45, 2.75) is 45.8 Å². The quantitative estimate of drug-likeness (QED) is 0.490. The lowest BCUT2D eigenvalue weighted by Crippen LogP contribution is -2.25. The van der Waals surface area contributed by atoms with E-state index in [9.17, 15) is 8.42 Å². The second-order valence-electron chi connectivity index (χ2n) is 8.73. The molecule has 0 fully saturated rings. The minimum atomic E-state index is -2.96. The van der Waals surface area contributed by atoms with Gasteiger partial charge in [0, 0.05) is 30.6 Å². The van der Waals surface area contributed by atoms with Gasteiger partial charge >= 0.3 is 0 Å². The topological polar surface area (TPSA) is 68.3 Å². The molecule has 2 aromatic carbocycles. The SMILES string of the molecule is Cc1cc(-c2ncc(-c3cccc4c3CCC4NCCS(C)(=O)=O)s2)ccc1OC(C)C. The molecule has 1 aromatic heterocycles. The average Bonchev–Trinajstić information content (AvgIpc) is 3.36. The van der Waals surface area contributed by atoms with Crippen molar-refractivity contribution < 1.29 is 13.2 Å². The molecule has 1 N–H and O–H groups in total. The van der Waals surface area contributed by atoms with Gasteiger partial charge in [-0.3, -0.25) is 0 Å². The second-order valence-corrected chi connectivity index (χ2v) is 12.0. The number of hydrogen-bond acceptors (Lipinski definition) is 6. The van der Waals surface area contributed by atoms with Crippen molar-refractivity contribution in [2.24, 2.45) is 0 Å². The lowest BCUT2D eigenvalue weighted by atomic mass is 10.0. The summed E-state index contributed by atoms with van der Waals surface area (Å²) in [4.78, 5) is 5.87. The monoisotopic (exact) mass is 470 g/mol. The summed E-state index contributed by atoms with van der Waals surface area (Å²) in [6.45, 7) is 6.61. The standard InChI is InChI=1S/C25H30N2O3S2/c1-16(2)30-23-11-8-18(14-17(23)3)25-27-15-24(31-25)21-7-5-6-20-19(21)9-10-22(20)26-12-13-32(4,28)29/h5-8,11,14-16,22,26H,9-10,12-13H2,1-4H3. The van der Waals surface area contributed by atoms with Crippen molar-refractivity contribution in [3.8, 4) is 26.8 Å². The minimum Gasteiger partial charge on any atom is -0.491 e. The number of sulfone groups is 1. The Morgan fingerprint density at radius 2 is 2.06 bits per heavy atom. The first-order valence-corrected chi connectivity index (χ1v) is 13.9. The number of hydrogen-bond donors (Lipinski definition) is 1. The van der Waals surface area contributed by atoms with Crippen LogP contribution >= 0.6 is 11.3 Å². The molecule has 32 heavy (non-hydrogen) atoms. The Morgan fingerprint density at radius 1 is 1.25 bits per heavy atom. The van der Waals surface area contributed by atoms with Gasteiger partial charge in [0.25, 0.3) is 0 Å². The van der Waals surface area contributed by atoms with Gasteiger partial charge < -0.3 is 10.1 Å². The first-order valence-electron chi connectivity index (χ1n) is 11.0. The Hall–Kier alpha value is -2.22. The Labute approximate surface area is 194 Å². The van der Waals surface area contributed by atoms with Crippen LogP contribution in [0.5, 0.6) is 5.75 Å². The van der Waals surface area contributed by atoms with Gasteiger partial charge in [0.15, 0.2) is 0 Å². The molecule has 1 heterocycles. The van der Waals surface area contributed by atoms with E-state index in [1.165, 1.54) is 22.9 Å². The molecule has 0 amide bonds. The Bertz CT molecular complexity index is 1220. The van der Waals surface area contributed by atoms with Gasteiger partial charge in [-0.2, -0.15) is 0 Å². The second kappa shape index (κ2) is 9.33. The summed E-state index contributed by atoms with van der Waals surface area (Å²) in [7, 11) is -2.96. The van der Waals surface area contributed by atoms with E-state index >= 15 is 0 Å². The van der Waals surface area contributed by atoms with Gasteiger partial charge in [-0.1, -0.05) is 18.2 Å². The van der Waals surface area contributed by atoms with Crippen LogP contribution in [0, 0.1) is 6.92 Å². The van der Waals surface area contributed by atoms with E-state index in [2.05, 4.69) is 42.6 Å². The lowest BCUT2D eigenvalue weighted by Gasteiger charge is -2.14. The smallest absolute Gasteiger partial charge is 0.148 e. The van der Waals surface area contributed by atoms with Crippen molar-refractivity contribution in [3.63, 3.8) is 0 Å². The van der Waals surface area contributed by atoms with Crippen molar-refractivity contribution in [3.05, 3.63) is 59.3 Å². The fourth-order valence-corrected chi connectivity index (χ4v) is 5.67. The molecule has 0 radical (unpaired) electrons. The van der Waals surface area contributed by atoms with E-state index < -0.39 is 9.84 Å². The van der Waals surface area contributed by atoms with Crippen LogP contribution in [0.3, 0.4) is 0 Å². The van der Waals surface area contributed by atoms with Crippen LogP contribution in [-0.2, 0) is 16.3 Å². The largest absolute Gasteiger partial charge is 0.491 e. The Morgan fingerprint density at radius 3 is 2.78 bits per heavy atom. The fraction of sp³-hybridized carbons (Fsp3) is 0.400. The van der Waals surface area contributed by atoms with Crippen molar-refractivity contribution in [2.75, 3.05) is 18.6 Å². The molecule has 1 atom stereocenters. The third kappa shape index (κ3) is 5.22. The van der Waals surface area contributed by atoms with Crippen molar-refractivity contribution >= 4 is 21.2 Å². The van der Waals surface area contributed by atoms with Crippen LogP contribution in [0.1, 0.15) is 43.0 Å². The average molecular weight is 471 g/mol. The van der Waals surface area contributed by atoms with Crippen LogP contribution in [0.25, 0.3) is 21.0 Å². The molecule has 5 nitrogen and oxygen atoms in total. The maximum Gasteiger partial charge on any atom is 0.148 e. The molecular weight excluding hydrogens is 440 g/mol. The molecule has 0 aliphatic heterocycles. The van der Waals surface area contributed by atoms with E-state index in [4.69, 9.17) is 9.72 Å². The predicted octanol–water partition coefficient (Wildman–Crippen LogP) is 5.19. The lowest BCUT2D eigenvalue weighted by molar-refractivity contribution is 0.241. The van der Waals surface area contributed by atoms with Crippen molar-refractivity contribution in [1.29, 1.82) is 0 Å². The summed E-state index contributed by atoms with van der Waals surface area (Å²) in [5.41, 5.74) is 6.06. The minimum absolute atomic E-state index is 0.149.